The fourth-order valence-corrected chi connectivity index (χ4v) is 2.86. The molecule has 0 aliphatic rings. The van der Waals surface area contributed by atoms with E-state index in [4.69, 9.17) is 10.5 Å². The number of benzene rings is 3. The highest BCUT2D eigenvalue weighted by atomic mass is 19.4. The molecule has 0 unspecified atom stereocenters. The van der Waals surface area contributed by atoms with Crippen molar-refractivity contribution in [2.45, 2.75) is 12.8 Å². The van der Waals surface area contributed by atoms with Gasteiger partial charge in [-0.2, -0.15) is 0 Å². The third-order valence-corrected chi connectivity index (χ3v) is 4.37. The third-order valence-electron chi connectivity index (χ3n) is 4.37. The molecular formula is C22H13F7N2O4. The van der Waals surface area contributed by atoms with Crippen molar-refractivity contribution in [2.24, 2.45) is 5.73 Å². The lowest BCUT2D eigenvalue weighted by molar-refractivity contribution is -0.274. The molecule has 184 valence electrons. The van der Waals surface area contributed by atoms with E-state index in [1.165, 1.54) is 0 Å². The molecule has 0 saturated carbocycles. The second-order valence-electron chi connectivity index (χ2n) is 6.78. The zero-order chi connectivity index (χ0) is 25.9. The molecule has 0 saturated heterocycles. The number of carbonyl (C=O) groups is 2. The smallest absolute Gasteiger partial charge is 0.456 e. The molecule has 3 rings (SSSR count). The van der Waals surface area contributed by atoms with Crippen LogP contribution in [-0.2, 0) is 0 Å². The van der Waals surface area contributed by atoms with Gasteiger partial charge in [-0.15, -0.1) is 13.2 Å². The van der Waals surface area contributed by atoms with Crippen LogP contribution in [0, 0.1) is 11.6 Å². The van der Waals surface area contributed by atoms with E-state index < -0.39 is 64.4 Å². The number of amides is 2. The van der Waals surface area contributed by atoms with Crippen LogP contribution >= 0.6 is 0 Å². The molecule has 0 spiro atoms. The summed E-state index contributed by atoms with van der Waals surface area (Å²) in [4.78, 5) is 24.1. The molecule has 0 heterocycles. The van der Waals surface area contributed by atoms with Crippen molar-refractivity contribution in [3.63, 3.8) is 0 Å². The summed E-state index contributed by atoms with van der Waals surface area (Å²) in [6, 6.07) is 7.92. The Bertz CT molecular complexity index is 1260. The van der Waals surface area contributed by atoms with E-state index in [9.17, 15) is 40.3 Å². The van der Waals surface area contributed by atoms with Crippen molar-refractivity contribution >= 4 is 17.5 Å². The third kappa shape index (κ3) is 6.19. The number of nitrogens with two attached hydrogens (primary N) is 1. The van der Waals surface area contributed by atoms with Crippen molar-refractivity contribution in [1.82, 2.24) is 0 Å². The second kappa shape index (κ2) is 9.91. The largest absolute Gasteiger partial charge is 0.573 e. The zero-order valence-electron chi connectivity index (χ0n) is 17.1. The average Bonchev–Trinajstić information content (AvgIpc) is 2.75. The van der Waals surface area contributed by atoms with E-state index >= 15 is 0 Å². The summed E-state index contributed by atoms with van der Waals surface area (Å²) in [6.07, 6.45) is -8.25. The molecule has 0 aromatic heterocycles. The topological polar surface area (TPSA) is 90.7 Å². The fraction of sp³-hybridized carbons (Fsp3) is 0.0909. The first-order valence-corrected chi connectivity index (χ1v) is 9.40. The molecule has 0 aliphatic carbocycles. The maximum atomic E-state index is 14.9. The van der Waals surface area contributed by atoms with Crippen molar-refractivity contribution < 1.29 is 49.8 Å². The number of alkyl halides is 5. The SMILES string of the molecule is NC(=O)c1cc(NC(=O)c2c(Oc3ccc(OC(F)(F)F)cc3)ccc(C(F)F)c2F)ccc1F. The summed E-state index contributed by atoms with van der Waals surface area (Å²) in [6.45, 7) is 0. The van der Waals surface area contributed by atoms with Crippen LogP contribution in [0.2, 0.25) is 0 Å². The monoisotopic (exact) mass is 502 g/mol. The van der Waals surface area contributed by atoms with Crippen LogP contribution in [0.4, 0.5) is 36.4 Å². The van der Waals surface area contributed by atoms with E-state index in [1.54, 1.807) is 0 Å². The number of carbonyl (C=O) groups excluding carboxylic acids is 2. The van der Waals surface area contributed by atoms with Gasteiger partial charge in [-0.05, 0) is 54.6 Å². The molecule has 0 fully saturated rings. The predicted molar refractivity (Wildman–Crippen MR) is 107 cm³/mol. The Morgan fingerprint density at radius 1 is 0.914 bits per heavy atom. The normalized spacial score (nSPS) is 11.3. The number of rotatable bonds is 7. The minimum Gasteiger partial charge on any atom is -0.456 e. The number of primary amides is 1. The number of nitrogens with one attached hydrogen (secondary N) is 1. The van der Waals surface area contributed by atoms with Crippen LogP contribution in [0.5, 0.6) is 17.2 Å². The van der Waals surface area contributed by atoms with Gasteiger partial charge in [0, 0.05) is 5.69 Å². The van der Waals surface area contributed by atoms with Gasteiger partial charge in [0.25, 0.3) is 18.2 Å². The molecule has 13 heteroatoms. The predicted octanol–water partition coefficient (Wildman–Crippen LogP) is 5.94. The first-order valence-electron chi connectivity index (χ1n) is 9.40. The average molecular weight is 502 g/mol. The molecule has 3 aromatic carbocycles. The molecule has 3 aromatic rings. The Morgan fingerprint density at radius 3 is 2.11 bits per heavy atom. The van der Waals surface area contributed by atoms with Gasteiger partial charge in [0.15, 0.2) is 0 Å². The summed E-state index contributed by atoms with van der Waals surface area (Å²) < 4.78 is 101. The number of anilines is 1. The fourth-order valence-electron chi connectivity index (χ4n) is 2.86. The van der Waals surface area contributed by atoms with Gasteiger partial charge < -0.3 is 20.5 Å². The van der Waals surface area contributed by atoms with Crippen molar-refractivity contribution in [2.75, 3.05) is 5.32 Å². The van der Waals surface area contributed by atoms with Gasteiger partial charge >= 0.3 is 6.36 Å². The maximum Gasteiger partial charge on any atom is 0.573 e. The Hall–Kier alpha value is -4.29. The van der Waals surface area contributed by atoms with E-state index in [0.29, 0.717) is 6.07 Å². The lowest BCUT2D eigenvalue weighted by Crippen LogP contribution is -2.18. The molecular weight excluding hydrogens is 489 g/mol. The molecule has 3 N–H and O–H groups in total. The maximum absolute atomic E-state index is 14.9. The van der Waals surface area contributed by atoms with Crippen LogP contribution in [-0.4, -0.2) is 18.2 Å². The van der Waals surface area contributed by atoms with E-state index in [0.717, 1.165) is 48.5 Å². The van der Waals surface area contributed by atoms with Gasteiger partial charge in [0.05, 0.1) is 11.1 Å². The highest BCUT2D eigenvalue weighted by Crippen LogP contribution is 2.34. The summed E-state index contributed by atoms with van der Waals surface area (Å²) in [5.74, 6) is -6.44. The molecule has 0 radical (unpaired) electrons. The Kier molecular flexibility index (Phi) is 7.17. The molecule has 0 atom stereocenters. The lowest BCUT2D eigenvalue weighted by atomic mass is 10.1. The Labute approximate surface area is 192 Å². The van der Waals surface area contributed by atoms with E-state index in [2.05, 4.69) is 10.1 Å². The summed E-state index contributed by atoms with van der Waals surface area (Å²) in [5.41, 5.74) is 2.11. The van der Waals surface area contributed by atoms with Crippen LogP contribution in [0.15, 0.2) is 54.6 Å². The number of hydrogen-bond donors (Lipinski definition) is 2. The standard InChI is InChI=1S/C22H13F7N2O4/c23-15-7-1-10(9-14(15)20(30)32)31-21(33)17-16(8-6-13(18(17)24)19(25)26)34-11-2-4-12(5-3-11)35-22(27,28)29/h1-9,19H,(H2,30,32)(H,31,33). The molecule has 0 aliphatic heterocycles. The Balaban J connectivity index is 1.95. The van der Waals surface area contributed by atoms with Crippen LogP contribution in [0.1, 0.15) is 32.7 Å². The van der Waals surface area contributed by atoms with Crippen LogP contribution < -0.4 is 20.5 Å². The van der Waals surface area contributed by atoms with Crippen LogP contribution in [0.3, 0.4) is 0 Å². The molecule has 35 heavy (non-hydrogen) atoms. The van der Waals surface area contributed by atoms with E-state index in [1.807, 2.05) is 0 Å². The first-order chi connectivity index (χ1) is 16.4. The van der Waals surface area contributed by atoms with Crippen LogP contribution in [0.25, 0.3) is 0 Å². The summed E-state index contributed by atoms with van der Waals surface area (Å²) >= 11 is 0. The van der Waals surface area contributed by atoms with Gasteiger partial charge in [0.2, 0.25) is 0 Å². The highest BCUT2D eigenvalue weighted by Gasteiger charge is 2.31. The minimum absolute atomic E-state index is 0.185. The van der Waals surface area contributed by atoms with Crippen molar-refractivity contribution in [3.05, 3.63) is 82.9 Å². The lowest BCUT2D eigenvalue weighted by Gasteiger charge is -2.15. The van der Waals surface area contributed by atoms with Gasteiger partial charge in [-0.3, -0.25) is 9.59 Å². The number of hydrogen-bond acceptors (Lipinski definition) is 4. The quantitative estimate of drug-likeness (QED) is 0.391. The summed E-state index contributed by atoms with van der Waals surface area (Å²) in [7, 11) is 0. The van der Waals surface area contributed by atoms with Gasteiger partial charge in [-0.25, -0.2) is 17.6 Å². The second-order valence-corrected chi connectivity index (χ2v) is 6.78. The van der Waals surface area contributed by atoms with E-state index in [-0.39, 0.29) is 11.4 Å². The number of halogens is 7. The van der Waals surface area contributed by atoms with Gasteiger partial charge in [0.1, 0.15) is 34.4 Å². The zero-order valence-corrected chi connectivity index (χ0v) is 17.1. The number of ether oxygens (including phenoxy) is 2. The molecule has 2 amide bonds. The van der Waals surface area contributed by atoms with Crippen molar-refractivity contribution in [1.29, 1.82) is 0 Å². The summed E-state index contributed by atoms with van der Waals surface area (Å²) in [5, 5.41) is 2.13. The Morgan fingerprint density at radius 2 is 1.54 bits per heavy atom. The first kappa shape index (κ1) is 25.3. The van der Waals surface area contributed by atoms with Crippen molar-refractivity contribution in [3.8, 4) is 17.2 Å². The highest BCUT2D eigenvalue weighted by molar-refractivity contribution is 6.07. The molecule has 0 bridgehead atoms. The minimum atomic E-state index is -4.95. The van der Waals surface area contributed by atoms with Gasteiger partial charge in [-0.1, -0.05) is 0 Å². The molecule has 6 nitrogen and oxygen atoms in total.